The molecule has 2 N–H and O–H groups in total. The zero-order valence-electron chi connectivity index (χ0n) is 8.94. The van der Waals surface area contributed by atoms with E-state index in [0.717, 1.165) is 19.2 Å². The van der Waals surface area contributed by atoms with E-state index in [-0.39, 0.29) is 11.1 Å². The standard InChI is InChI=1S/C11H12ClF3N2/c12-9-2-1-7(5-8(9)11(13,14)15)10-6-16-3-4-17-10/h1-2,5,10,16-17H,3-4,6H2/t10-/m1/s1. The van der Waals surface area contributed by atoms with Gasteiger partial charge in [-0.2, -0.15) is 13.2 Å². The summed E-state index contributed by atoms with van der Waals surface area (Å²) in [5.74, 6) is 0. The van der Waals surface area contributed by atoms with Crippen LogP contribution < -0.4 is 10.6 Å². The van der Waals surface area contributed by atoms with Gasteiger partial charge in [-0.05, 0) is 17.7 Å². The Morgan fingerprint density at radius 3 is 2.59 bits per heavy atom. The van der Waals surface area contributed by atoms with Crippen LogP contribution in [0.2, 0.25) is 5.02 Å². The van der Waals surface area contributed by atoms with E-state index in [2.05, 4.69) is 10.6 Å². The molecule has 1 aromatic carbocycles. The number of rotatable bonds is 1. The zero-order valence-corrected chi connectivity index (χ0v) is 9.70. The third kappa shape index (κ3) is 2.91. The van der Waals surface area contributed by atoms with Crippen LogP contribution in [0.15, 0.2) is 18.2 Å². The van der Waals surface area contributed by atoms with E-state index in [1.165, 1.54) is 6.07 Å². The molecule has 0 spiro atoms. The molecule has 0 radical (unpaired) electrons. The number of hydrogen-bond donors (Lipinski definition) is 2. The lowest BCUT2D eigenvalue weighted by molar-refractivity contribution is -0.137. The minimum Gasteiger partial charge on any atom is -0.314 e. The number of hydrogen-bond acceptors (Lipinski definition) is 2. The largest absolute Gasteiger partial charge is 0.417 e. The number of nitrogens with one attached hydrogen (secondary N) is 2. The van der Waals surface area contributed by atoms with Crippen molar-refractivity contribution in [2.45, 2.75) is 12.2 Å². The van der Waals surface area contributed by atoms with Crippen molar-refractivity contribution in [3.8, 4) is 0 Å². The molecule has 17 heavy (non-hydrogen) atoms. The highest BCUT2D eigenvalue weighted by Gasteiger charge is 2.33. The van der Waals surface area contributed by atoms with Crippen LogP contribution >= 0.6 is 11.6 Å². The predicted molar refractivity (Wildman–Crippen MR) is 60.1 cm³/mol. The van der Waals surface area contributed by atoms with E-state index in [4.69, 9.17) is 11.6 Å². The van der Waals surface area contributed by atoms with E-state index >= 15 is 0 Å². The van der Waals surface area contributed by atoms with Gasteiger partial charge in [-0.3, -0.25) is 0 Å². The molecule has 0 bridgehead atoms. The highest BCUT2D eigenvalue weighted by atomic mass is 35.5. The van der Waals surface area contributed by atoms with Crippen molar-refractivity contribution in [2.24, 2.45) is 0 Å². The van der Waals surface area contributed by atoms with Crippen LogP contribution in [-0.2, 0) is 6.18 Å². The Hall–Kier alpha value is -0.780. The van der Waals surface area contributed by atoms with E-state index in [9.17, 15) is 13.2 Å². The summed E-state index contributed by atoms with van der Waals surface area (Å²) in [6, 6.07) is 3.95. The Morgan fingerprint density at radius 2 is 2.00 bits per heavy atom. The van der Waals surface area contributed by atoms with Gasteiger partial charge in [0.1, 0.15) is 0 Å². The van der Waals surface area contributed by atoms with Crippen LogP contribution in [0.3, 0.4) is 0 Å². The topological polar surface area (TPSA) is 24.1 Å². The SMILES string of the molecule is FC(F)(F)c1cc([C@H]2CNCCN2)ccc1Cl. The number of halogens is 4. The summed E-state index contributed by atoms with van der Waals surface area (Å²) in [5.41, 5.74) is -0.169. The minimum absolute atomic E-state index is 0.0953. The first-order chi connectivity index (χ1) is 7.98. The Labute approximate surface area is 102 Å². The average molecular weight is 265 g/mol. The van der Waals surface area contributed by atoms with Crippen LogP contribution in [-0.4, -0.2) is 19.6 Å². The summed E-state index contributed by atoms with van der Waals surface area (Å²) in [4.78, 5) is 0. The molecule has 1 saturated heterocycles. The molecule has 0 aromatic heterocycles. The lowest BCUT2D eigenvalue weighted by atomic mass is 10.0. The first-order valence-corrected chi connectivity index (χ1v) is 5.67. The smallest absolute Gasteiger partial charge is 0.314 e. The molecule has 0 aliphatic carbocycles. The normalized spacial score (nSPS) is 21.5. The molecule has 1 atom stereocenters. The van der Waals surface area contributed by atoms with Crippen molar-refractivity contribution in [2.75, 3.05) is 19.6 Å². The molecule has 1 aliphatic rings. The van der Waals surface area contributed by atoms with Crippen molar-refractivity contribution >= 4 is 11.6 Å². The van der Waals surface area contributed by atoms with Crippen LogP contribution in [0.1, 0.15) is 17.2 Å². The quantitative estimate of drug-likeness (QED) is 0.815. The van der Waals surface area contributed by atoms with E-state index in [0.29, 0.717) is 12.1 Å². The second kappa shape index (κ2) is 4.84. The van der Waals surface area contributed by atoms with Crippen molar-refractivity contribution in [1.29, 1.82) is 0 Å². The van der Waals surface area contributed by atoms with Crippen molar-refractivity contribution < 1.29 is 13.2 Å². The van der Waals surface area contributed by atoms with Gasteiger partial charge < -0.3 is 10.6 Å². The maximum Gasteiger partial charge on any atom is 0.417 e. The first kappa shape index (κ1) is 12.7. The molecule has 0 amide bonds. The molecule has 2 nitrogen and oxygen atoms in total. The maximum absolute atomic E-state index is 12.7. The van der Waals surface area contributed by atoms with E-state index < -0.39 is 11.7 Å². The summed E-state index contributed by atoms with van der Waals surface area (Å²) in [6.45, 7) is 2.20. The molecular formula is C11H12ClF3N2. The molecule has 94 valence electrons. The lowest BCUT2D eigenvalue weighted by Crippen LogP contribution is -2.42. The van der Waals surface area contributed by atoms with E-state index in [1.54, 1.807) is 6.07 Å². The van der Waals surface area contributed by atoms with Gasteiger partial charge in [0.05, 0.1) is 10.6 Å². The third-order valence-corrected chi connectivity index (χ3v) is 3.07. The van der Waals surface area contributed by atoms with Gasteiger partial charge >= 0.3 is 6.18 Å². The summed E-state index contributed by atoms with van der Waals surface area (Å²) in [7, 11) is 0. The molecule has 0 unspecified atom stereocenters. The minimum atomic E-state index is -4.41. The number of benzene rings is 1. The fourth-order valence-corrected chi connectivity index (χ4v) is 2.09. The lowest BCUT2D eigenvalue weighted by Gasteiger charge is -2.25. The van der Waals surface area contributed by atoms with Crippen molar-refractivity contribution in [3.05, 3.63) is 34.3 Å². The van der Waals surface area contributed by atoms with Gasteiger partial charge in [0.15, 0.2) is 0 Å². The number of alkyl halides is 3. The van der Waals surface area contributed by atoms with E-state index in [1.807, 2.05) is 0 Å². The van der Waals surface area contributed by atoms with Gasteiger partial charge in [0, 0.05) is 25.7 Å². The Bertz CT molecular complexity index is 400. The van der Waals surface area contributed by atoms with Crippen LogP contribution in [0.25, 0.3) is 0 Å². The first-order valence-electron chi connectivity index (χ1n) is 5.29. The second-order valence-electron chi connectivity index (χ2n) is 3.95. The maximum atomic E-state index is 12.7. The van der Waals surface area contributed by atoms with Crippen LogP contribution in [0.5, 0.6) is 0 Å². The highest BCUT2D eigenvalue weighted by molar-refractivity contribution is 6.31. The molecule has 1 aliphatic heterocycles. The van der Waals surface area contributed by atoms with Gasteiger partial charge in [-0.1, -0.05) is 17.7 Å². The summed E-state index contributed by atoms with van der Waals surface area (Å²) in [6.07, 6.45) is -4.41. The fraction of sp³-hybridized carbons (Fsp3) is 0.455. The molecule has 2 rings (SSSR count). The molecular weight excluding hydrogens is 253 g/mol. The molecule has 0 saturated carbocycles. The molecule has 1 heterocycles. The summed E-state index contributed by atoms with van der Waals surface area (Å²) >= 11 is 5.56. The van der Waals surface area contributed by atoms with Crippen molar-refractivity contribution in [1.82, 2.24) is 10.6 Å². The molecule has 1 aromatic rings. The summed E-state index contributed by atoms with van der Waals surface area (Å²) < 4.78 is 38.0. The van der Waals surface area contributed by atoms with Gasteiger partial charge in [0.2, 0.25) is 0 Å². The Morgan fingerprint density at radius 1 is 1.24 bits per heavy atom. The second-order valence-corrected chi connectivity index (χ2v) is 4.36. The summed E-state index contributed by atoms with van der Waals surface area (Å²) in [5, 5.41) is 6.03. The predicted octanol–water partition coefficient (Wildman–Crippen LogP) is 2.59. The molecule has 1 fully saturated rings. The molecule has 6 heteroatoms. The van der Waals surface area contributed by atoms with Gasteiger partial charge in [-0.15, -0.1) is 0 Å². The van der Waals surface area contributed by atoms with Crippen LogP contribution in [0.4, 0.5) is 13.2 Å². The Balaban J connectivity index is 2.30. The van der Waals surface area contributed by atoms with Crippen LogP contribution in [0, 0.1) is 0 Å². The third-order valence-electron chi connectivity index (χ3n) is 2.74. The fourth-order valence-electron chi connectivity index (χ4n) is 1.87. The monoisotopic (exact) mass is 264 g/mol. The highest BCUT2D eigenvalue weighted by Crippen LogP contribution is 2.36. The Kier molecular flexibility index (Phi) is 3.61. The van der Waals surface area contributed by atoms with Gasteiger partial charge in [0.25, 0.3) is 0 Å². The van der Waals surface area contributed by atoms with Gasteiger partial charge in [-0.25, -0.2) is 0 Å². The zero-order chi connectivity index (χ0) is 12.5. The van der Waals surface area contributed by atoms with Crippen molar-refractivity contribution in [3.63, 3.8) is 0 Å². The number of piperazine rings is 1. The average Bonchev–Trinajstić information content (AvgIpc) is 2.29.